The number of ether oxygens (including phenoxy) is 3. The van der Waals surface area contributed by atoms with Crippen LogP contribution >= 0.6 is 11.8 Å². The second kappa shape index (κ2) is 10.1. The van der Waals surface area contributed by atoms with Gasteiger partial charge in [0.05, 0.1) is 30.5 Å². The zero-order chi connectivity index (χ0) is 23.4. The van der Waals surface area contributed by atoms with Gasteiger partial charge in [0.1, 0.15) is 12.4 Å². The molecule has 0 bridgehead atoms. The first-order chi connectivity index (χ1) is 16.0. The summed E-state index contributed by atoms with van der Waals surface area (Å²) < 4.78 is 30.4. The Balaban J connectivity index is 1.67. The molecule has 0 radical (unpaired) electrons. The van der Waals surface area contributed by atoms with E-state index in [1.54, 1.807) is 19.1 Å². The minimum absolute atomic E-state index is 0.276. The van der Waals surface area contributed by atoms with Crippen molar-refractivity contribution in [3.05, 3.63) is 82.3 Å². The van der Waals surface area contributed by atoms with Crippen LogP contribution in [0.3, 0.4) is 0 Å². The molecule has 33 heavy (non-hydrogen) atoms. The Labute approximate surface area is 196 Å². The summed E-state index contributed by atoms with van der Waals surface area (Å²) in [6.07, 6.45) is 1.92. The number of rotatable bonds is 8. The summed E-state index contributed by atoms with van der Waals surface area (Å²) in [5.74, 6) is 0.461. The van der Waals surface area contributed by atoms with Gasteiger partial charge < -0.3 is 19.1 Å². The Morgan fingerprint density at radius 3 is 2.61 bits per heavy atom. The van der Waals surface area contributed by atoms with Crippen molar-refractivity contribution in [2.75, 3.05) is 13.2 Å². The van der Waals surface area contributed by atoms with Gasteiger partial charge in [-0.25, -0.2) is 14.2 Å². The van der Waals surface area contributed by atoms with E-state index in [1.807, 2.05) is 48.6 Å². The predicted octanol–water partition coefficient (Wildman–Crippen LogP) is 5.57. The molecule has 0 saturated carbocycles. The third kappa shape index (κ3) is 4.90. The van der Waals surface area contributed by atoms with Crippen molar-refractivity contribution in [2.45, 2.75) is 33.4 Å². The Bertz CT molecular complexity index is 1130. The normalized spacial score (nSPS) is 17.0. The third-order valence-electron chi connectivity index (χ3n) is 5.21. The Hall–Kier alpha value is -3.26. The molecule has 172 valence electrons. The molecular weight excluding hydrogens is 443 g/mol. The van der Waals surface area contributed by atoms with Gasteiger partial charge in [-0.3, -0.25) is 0 Å². The van der Waals surface area contributed by atoms with Crippen molar-refractivity contribution in [1.82, 2.24) is 4.90 Å². The van der Waals surface area contributed by atoms with Crippen LogP contribution in [-0.4, -0.2) is 29.3 Å². The summed E-state index contributed by atoms with van der Waals surface area (Å²) in [4.78, 5) is 19.4. The molecule has 6 nitrogen and oxygen atoms in total. The van der Waals surface area contributed by atoms with Crippen LogP contribution < -0.4 is 9.47 Å². The average Bonchev–Trinajstić information content (AvgIpc) is 3.26. The summed E-state index contributed by atoms with van der Waals surface area (Å²) in [6.45, 7) is 6.52. The van der Waals surface area contributed by atoms with E-state index in [-0.39, 0.29) is 25.0 Å². The number of halogens is 1. The highest BCUT2D eigenvalue weighted by atomic mass is 32.2. The molecule has 2 heterocycles. The maximum Gasteiger partial charge on any atom is 0.338 e. The fourth-order valence-electron chi connectivity index (χ4n) is 3.72. The molecule has 1 unspecified atom stereocenters. The van der Waals surface area contributed by atoms with Gasteiger partial charge in [0.15, 0.2) is 16.7 Å². The van der Waals surface area contributed by atoms with Crippen molar-refractivity contribution >= 4 is 22.9 Å². The highest BCUT2D eigenvalue weighted by Gasteiger charge is 2.37. The van der Waals surface area contributed by atoms with E-state index in [0.717, 1.165) is 16.3 Å². The number of carbonyl (C=O) groups excluding carboxylic acids is 1. The van der Waals surface area contributed by atoms with E-state index in [2.05, 4.69) is 4.99 Å². The fourth-order valence-corrected chi connectivity index (χ4v) is 4.51. The maximum absolute atomic E-state index is 13.2. The summed E-state index contributed by atoms with van der Waals surface area (Å²) in [5, 5.41) is 2.75. The fraction of sp³-hybridized carbons (Fsp3) is 0.280. The molecule has 2 aliphatic heterocycles. The first kappa shape index (κ1) is 22.9. The van der Waals surface area contributed by atoms with Crippen molar-refractivity contribution < 1.29 is 23.4 Å². The molecule has 2 aromatic carbocycles. The molecule has 0 fully saturated rings. The van der Waals surface area contributed by atoms with Crippen molar-refractivity contribution in [2.24, 2.45) is 4.99 Å². The molecule has 4 rings (SSSR count). The van der Waals surface area contributed by atoms with Crippen LogP contribution in [0.5, 0.6) is 11.5 Å². The number of amidine groups is 1. The van der Waals surface area contributed by atoms with E-state index in [9.17, 15) is 9.18 Å². The first-order valence-corrected chi connectivity index (χ1v) is 11.6. The van der Waals surface area contributed by atoms with Gasteiger partial charge in [0.25, 0.3) is 0 Å². The zero-order valence-corrected chi connectivity index (χ0v) is 19.5. The quantitative estimate of drug-likeness (QED) is 0.472. The first-order valence-electron chi connectivity index (χ1n) is 10.7. The molecule has 0 amide bonds. The van der Waals surface area contributed by atoms with E-state index in [0.29, 0.717) is 29.4 Å². The summed E-state index contributed by atoms with van der Waals surface area (Å²) in [7, 11) is 0. The van der Waals surface area contributed by atoms with Crippen LogP contribution in [0.4, 0.5) is 4.39 Å². The average molecular weight is 469 g/mol. The maximum atomic E-state index is 13.2. The molecule has 0 aromatic heterocycles. The van der Waals surface area contributed by atoms with Crippen LogP contribution in [0.1, 0.15) is 37.9 Å². The molecule has 2 aliphatic rings. The molecular formula is C25H25FN2O4S. The summed E-state index contributed by atoms with van der Waals surface area (Å²) in [6, 6.07) is 11.4. The van der Waals surface area contributed by atoms with Crippen LogP contribution in [0.2, 0.25) is 0 Å². The number of allylic oxidation sites excluding steroid dienone is 1. The molecule has 0 N–H and O–H groups in total. The lowest BCUT2D eigenvalue weighted by atomic mass is 9.94. The molecule has 0 aliphatic carbocycles. The number of fused-ring (bicyclic) bond motifs is 1. The van der Waals surface area contributed by atoms with Gasteiger partial charge in [-0.15, -0.1) is 0 Å². The number of carbonyl (C=O) groups is 1. The van der Waals surface area contributed by atoms with Gasteiger partial charge in [0, 0.05) is 6.20 Å². The smallest absolute Gasteiger partial charge is 0.338 e. The van der Waals surface area contributed by atoms with Crippen molar-refractivity contribution in [3.8, 4) is 11.5 Å². The van der Waals surface area contributed by atoms with Gasteiger partial charge in [-0.2, -0.15) is 0 Å². The molecule has 1 atom stereocenters. The van der Waals surface area contributed by atoms with Crippen LogP contribution in [0.15, 0.2) is 70.3 Å². The van der Waals surface area contributed by atoms with Crippen LogP contribution in [0, 0.1) is 5.82 Å². The lowest BCUT2D eigenvalue weighted by Gasteiger charge is -2.33. The highest BCUT2D eigenvalue weighted by molar-refractivity contribution is 8.16. The van der Waals surface area contributed by atoms with Crippen molar-refractivity contribution in [1.29, 1.82) is 0 Å². The molecule has 0 saturated heterocycles. The largest absolute Gasteiger partial charge is 0.490 e. The Morgan fingerprint density at radius 1 is 1.09 bits per heavy atom. The second-order valence-electron chi connectivity index (χ2n) is 7.38. The van der Waals surface area contributed by atoms with Gasteiger partial charge >= 0.3 is 5.97 Å². The minimum atomic E-state index is -0.395. The molecule has 0 spiro atoms. The van der Waals surface area contributed by atoms with Gasteiger partial charge in [-0.1, -0.05) is 30.0 Å². The number of esters is 1. The van der Waals surface area contributed by atoms with Crippen molar-refractivity contribution in [3.63, 3.8) is 0 Å². The number of hydrogen-bond donors (Lipinski definition) is 0. The van der Waals surface area contributed by atoms with Gasteiger partial charge in [-0.05, 0) is 61.6 Å². The number of aliphatic imine (C=N–C) groups is 1. The minimum Gasteiger partial charge on any atom is -0.490 e. The number of hydrogen-bond acceptors (Lipinski definition) is 7. The summed E-state index contributed by atoms with van der Waals surface area (Å²) >= 11 is 1.51. The van der Waals surface area contributed by atoms with E-state index in [4.69, 9.17) is 14.2 Å². The number of benzene rings is 2. The predicted molar refractivity (Wildman–Crippen MR) is 126 cm³/mol. The monoisotopic (exact) mass is 468 g/mol. The second-order valence-corrected chi connectivity index (χ2v) is 8.25. The zero-order valence-electron chi connectivity index (χ0n) is 18.7. The van der Waals surface area contributed by atoms with Crippen LogP contribution in [-0.2, 0) is 16.1 Å². The highest BCUT2D eigenvalue weighted by Crippen LogP contribution is 2.43. The Morgan fingerprint density at radius 2 is 1.88 bits per heavy atom. The van der Waals surface area contributed by atoms with Crippen LogP contribution in [0.25, 0.3) is 0 Å². The van der Waals surface area contributed by atoms with E-state index >= 15 is 0 Å². The van der Waals surface area contributed by atoms with E-state index < -0.39 is 6.04 Å². The topological polar surface area (TPSA) is 60.4 Å². The third-order valence-corrected chi connectivity index (χ3v) is 5.98. The SMILES string of the molecule is CCOC(=O)C1=C(C)N=C2SC=CN2C1c1ccc(OCc2ccc(F)cc2)c(OCC)c1. The van der Waals surface area contributed by atoms with E-state index in [1.165, 1.54) is 23.9 Å². The molecule has 2 aromatic rings. The lowest BCUT2D eigenvalue weighted by Crippen LogP contribution is -2.34. The molecule has 8 heteroatoms. The van der Waals surface area contributed by atoms with Gasteiger partial charge in [0.2, 0.25) is 0 Å². The standard InChI is InChI=1S/C25H25FN2O4S/c1-4-30-21-14-18(8-11-20(21)32-15-17-6-9-19(26)10-7-17)23-22(24(29)31-5-2)16(3)27-25-28(23)12-13-33-25/h6-14,23H,4-5,15H2,1-3H3. The number of nitrogens with zero attached hydrogens (tertiary/aromatic N) is 2. The summed E-state index contributed by atoms with van der Waals surface area (Å²) in [5.41, 5.74) is 2.83. The Kier molecular flexibility index (Phi) is 7.03. The number of thioether (sulfide) groups is 1. The lowest BCUT2D eigenvalue weighted by molar-refractivity contribution is -0.139.